The van der Waals surface area contributed by atoms with Crippen molar-refractivity contribution in [3.05, 3.63) is 82.4 Å². The third kappa shape index (κ3) is 3.99. The maximum absolute atomic E-state index is 10.9. The van der Waals surface area contributed by atoms with Crippen molar-refractivity contribution < 1.29 is 19.3 Å². The Balaban J connectivity index is 1.55. The zero-order valence-electron chi connectivity index (χ0n) is 17.5. The number of fused-ring (bicyclic) bond motifs is 1. The monoisotopic (exact) mass is 450 g/mol. The number of phenols is 1. The van der Waals surface area contributed by atoms with Gasteiger partial charge >= 0.3 is 0 Å². The highest BCUT2D eigenvalue weighted by molar-refractivity contribution is 6.30. The molecule has 2 N–H and O–H groups in total. The highest BCUT2D eigenvalue weighted by Gasteiger charge is 2.29. The summed E-state index contributed by atoms with van der Waals surface area (Å²) in [5, 5.41) is 15.1. The van der Waals surface area contributed by atoms with Crippen molar-refractivity contribution in [2.45, 2.75) is 25.6 Å². The number of rotatable bonds is 5. The van der Waals surface area contributed by atoms with Crippen LogP contribution in [0.1, 0.15) is 42.2 Å². The Morgan fingerprint density at radius 1 is 1.09 bits per heavy atom. The third-order valence-corrected chi connectivity index (χ3v) is 5.89. The summed E-state index contributed by atoms with van der Waals surface area (Å²) in [6.07, 6.45) is 0.286. The first kappa shape index (κ1) is 20.7. The highest BCUT2D eigenvalue weighted by atomic mass is 35.5. The Labute approximate surface area is 191 Å². The van der Waals surface area contributed by atoms with Crippen molar-refractivity contribution in [2.24, 2.45) is 4.99 Å². The van der Waals surface area contributed by atoms with E-state index in [9.17, 15) is 5.11 Å². The molecule has 0 aromatic heterocycles. The molecule has 2 unspecified atom stereocenters. The Bertz CT molecular complexity index is 1160. The number of hydrogen-bond donors (Lipinski definition) is 2. The van der Waals surface area contributed by atoms with E-state index in [0.717, 1.165) is 28.2 Å². The predicted molar refractivity (Wildman–Crippen MR) is 123 cm³/mol. The summed E-state index contributed by atoms with van der Waals surface area (Å²) in [4.78, 5) is 4.99. The number of benzene rings is 3. The Kier molecular flexibility index (Phi) is 5.64. The third-order valence-electron chi connectivity index (χ3n) is 5.64. The van der Waals surface area contributed by atoms with Crippen LogP contribution in [-0.2, 0) is 0 Å². The number of halogens is 1. The van der Waals surface area contributed by atoms with Gasteiger partial charge in [0.05, 0.1) is 6.61 Å². The van der Waals surface area contributed by atoms with Crippen LogP contribution < -0.4 is 19.5 Å². The summed E-state index contributed by atoms with van der Waals surface area (Å²) < 4.78 is 16.6. The number of nitrogens with one attached hydrogen (secondary N) is 1. The minimum Gasteiger partial charge on any atom is -0.504 e. The molecular weight excluding hydrogens is 428 g/mol. The van der Waals surface area contributed by atoms with E-state index >= 15 is 0 Å². The summed E-state index contributed by atoms with van der Waals surface area (Å²) in [7, 11) is 0. The lowest BCUT2D eigenvalue weighted by Gasteiger charge is -2.31. The van der Waals surface area contributed by atoms with Gasteiger partial charge in [0, 0.05) is 28.8 Å². The molecular formula is C25H23ClN2O4. The van der Waals surface area contributed by atoms with Crippen LogP contribution in [0.15, 0.2) is 65.7 Å². The summed E-state index contributed by atoms with van der Waals surface area (Å²) in [6.45, 7) is 2.60. The Morgan fingerprint density at radius 2 is 1.91 bits per heavy atom. The van der Waals surface area contributed by atoms with Crippen LogP contribution in [0.5, 0.6) is 23.0 Å². The SMILES string of the molecule is CCOc1cccc(C2CC(c3ccc4c(c3)OCO4)=NC(c3ccc(Cl)cc3)N2)c1O. The maximum Gasteiger partial charge on any atom is 0.231 e. The van der Waals surface area contributed by atoms with Crippen LogP contribution in [0, 0.1) is 0 Å². The number of hydrogen-bond acceptors (Lipinski definition) is 6. The largest absolute Gasteiger partial charge is 0.504 e. The van der Waals surface area contributed by atoms with Crippen molar-refractivity contribution in [3.63, 3.8) is 0 Å². The molecule has 164 valence electrons. The molecule has 2 atom stereocenters. The molecule has 0 saturated carbocycles. The number of aliphatic imine (C=N–C) groups is 1. The quantitative estimate of drug-likeness (QED) is 0.544. The van der Waals surface area contributed by atoms with E-state index in [1.165, 1.54) is 0 Å². The first-order valence-corrected chi connectivity index (χ1v) is 10.9. The maximum atomic E-state index is 10.9. The molecule has 3 aromatic rings. The average molecular weight is 451 g/mol. The molecule has 5 rings (SSSR count). The van der Waals surface area contributed by atoms with Crippen molar-refractivity contribution in [1.29, 1.82) is 0 Å². The van der Waals surface area contributed by atoms with Crippen LogP contribution in [0.4, 0.5) is 0 Å². The number of ether oxygens (including phenoxy) is 3. The summed E-state index contributed by atoms with van der Waals surface area (Å²) in [6, 6.07) is 18.9. The molecule has 7 heteroatoms. The molecule has 6 nitrogen and oxygen atoms in total. The van der Waals surface area contributed by atoms with Gasteiger partial charge in [-0.25, -0.2) is 0 Å². The van der Waals surface area contributed by atoms with Crippen molar-refractivity contribution in [3.8, 4) is 23.0 Å². The van der Waals surface area contributed by atoms with Crippen LogP contribution in [0.25, 0.3) is 0 Å². The first-order chi connectivity index (χ1) is 15.6. The second-order valence-corrected chi connectivity index (χ2v) is 8.08. The van der Waals surface area contributed by atoms with Gasteiger partial charge in [-0.15, -0.1) is 0 Å². The number of aromatic hydroxyl groups is 1. The molecule has 0 spiro atoms. The smallest absolute Gasteiger partial charge is 0.231 e. The van der Waals surface area contributed by atoms with Crippen molar-refractivity contribution >= 4 is 17.3 Å². The van der Waals surface area contributed by atoms with Crippen LogP contribution in [0.3, 0.4) is 0 Å². The summed E-state index contributed by atoms with van der Waals surface area (Å²) in [5.74, 6) is 2.07. The van der Waals surface area contributed by atoms with Gasteiger partial charge in [0.2, 0.25) is 6.79 Å². The molecule has 0 radical (unpaired) electrons. The molecule has 0 fully saturated rings. The lowest BCUT2D eigenvalue weighted by atomic mass is 9.93. The Hall–Kier alpha value is -3.22. The topological polar surface area (TPSA) is 72.3 Å². The zero-order valence-corrected chi connectivity index (χ0v) is 18.3. The molecule has 2 heterocycles. The van der Waals surface area contributed by atoms with Gasteiger partial charge in [0.1, 0.15) is 6.17 Å². The van der Waals surface area contributed by atoms with E-state index < -0.39 is 0 Å². The first-order valence-electron chi connectivity index (χ1n) is 10.5. The molecule has 3 aromatic carbocycles. The Morgan fingerprint density at radius 3 is 2.72 bits per heavy atom. The molecule has 2 aliphatic heterocycles. The standard InChI is InChI=1S/C25H23ClN2O4/c1-2-30-22-5-3-4-18(24(22)29)20-13-19(16-8-11-21-23(12-16)32-14-31-21)27-25(28-20)15-6-9-17(26)10-7-15/h3-12,20,25,28-29H,2,13-14H2,1H3. The predicted octanol–water partition coefficient (Wildman–Crippen LogP) is 5.40. The van der Waals surface area contributed by atoms with E-state index in [2.05, 4.69) is 5.32 Å². The molecule has 32 heavy (non-hydrogen) atoms. The molecule has 0 saturated heterocycles. The average Bonchev–Trinajstić information content (AvgIpc) is 3.29. The zero-order chi connectivity index (χ0) is 22.1. The van der Waals surface area contributed by atoms with Crippen LogP contribution >= 0.6 is 11.6 Å². The normalized spacial score (nSPS) is 19.5. The second kappa shape index (κ2) is 8.73. The van der Waals surface area contributed by atoms with Gasteiger partial charge in [-0.1, -0.05) is 35.9 Å². The minimum atomic E-state index is -0.304. The van der Waals surface area contributed by atoms with Gasteiger partial charge in [0.15, 0.2) is 23.0 Å². The number of nitrogens with zero attached hydrogens (tertiary/aromatic N) is 1. The van der Waals surface area contributed by atoms with E-state index in [1.807, 2.05) is 61.5 Å². The second-order valence-electron chi connectivity index (χ2n) is 7.65. The van der Waals surface area contributed by atoms with Crippen molar-refractivity contribution in [1.82, 2.24) is 5.32 Å². The van der Waals surface area contributed by atoms with Gasteiger partial charge in [-0.2, -0.15) is 0 Å². The highest BCUT2D eigenvalue weighted by Crippen LogP contribution is 2.40. The van der Waals surface area contributed by atoms with E-state index in [0.29, 0.717) is 29.5 Å². The van der Waals surface area contributed by atoms with Crippen LogP contribution in [0.2, 0.25) is 5.02 Å². The van der Waals surface area contributed by atoms with Crippen LogP contribution in [-0.4, -0.2) is 24.2 Å². The fraction of sp³-hybridized carbons (Fsp3) is 0.240. The minimum absolute atomic E-state index is 0.147. The van der Waals surface area contributed by atoms with E-state index in [-0.39, 0.29) is 24.8 Å². The lowest BCUT2D eigenvalue weighted by Crippen LogP contribution is -2.33. The van der Waals surface area contributed by atoms with Crippen molar-refractivity contribution in [2.75, 3.05) is 13.4 Å². The molecule has 0 amide bonds. The van der Waals surface area contributed by atoms with E-state index in [4.69, 9.17) is 30.8 Å². The summed E-state index contributed by atoms with van der Waals surface area (Å²) in [5.41, 5.74) is 3.62. The van der Waals surface area contributed by atoms with E-state index in [1.54, 1.807) is 6.07 Å². The lowest BCUT2D eigenvalue weighted by molar-refractivity contribution is 0.174. The molecule has 0 bridgehead atoms. The fourth-order valence-corrected chi connectivity index (χ4v) is 4.19. The van der Waals surface area contributed by atoms with Gasteiger partial charge in [-0.05, 0) is 54.4 Å². The molecule has 2 aliphatic rings. The summed E-state index contributed by atoms with van der Waals surface area (Å²) >= 11 is 6.09. The van der Waals surface area contributed by atoms with Gasteiger partial charge in [0.25, 0.3) is 0 Å². The fourth-order valence-electron chi connectivity index (χ4n) is 4.07. The number of para-hydroxylation sites is 1. The molecule has 0 aliphatic carbocycles. The van der Waals surface area contributed by atoms with Gasteiger partial charge in [-0.3, -0.25) is 10.3 Å². The number of phenolic OH excluding ortho intramolecular Hbond substituents is 1. The van der Waals surface area contributed by atoms with Gasteiger partial charge < -0.3 is 19.3 Å².